The van der Waals surface area contributed by atoms with Crippen molar-refractivity contribution in [3.05, 3.63) is 94.8 Å². The van der Waals surface area contributed by atoms with Gasteiger partial charge in [-0.2, -0.15) is 0 Å². The minimum absolute atomic E-state index is 0.258. The van der Waals surface area contributed by atoms with E-state index in [2.05, 4.69) is 6.92 Å². The topological polar surface area (TPSA) is 9.23 Å². The Bertz CT molecular complexity index is 1130. The van der Waals surface area contributed by atoms with Gasteiger partial charge in [-0.25, -0.2) is 13.2 Å². The van der Waals surface area contributed by atoms with Crippen LogP contribution in [0.5, 0.6) is 5.75 Å². The number of rotatable bonds is 6. The average Bonchev–Trinajstić information content (AvgIpc) is 2.85. The summed E-state index contributed by atoms with van der Waals surface area (Å²) in [4.78, 5) is 0. The molecule has 0 aromatic heterocycles. The van der Waals surface area contributed by atoms with Crippen LogP contribution in [0.1, 0.15) is 55.2 Å². The second-order valence-corrected chi connectivity index (χ2v) is 8.75. The lowest BCUT2D eigenvalue weighted by molar-refractivity contribution is 0.370. The van der Waals surface area contributed by atoms with Crippen molar-refractivity contribution in [2.45, 2.75) is 44.9 Å². The van der Waals surface area contributed by atoms with Crippen LogP contribution in [0.4, 0.5) is 13.2 Å². The molecule has 0 radical (unpaired) electrons. The van der Waals surface area contributed by atoms with Crippen molar-refractivity contribution in [3.8, 4) is 16.9 Å². The van der Waals surface area contributed by atoms with Gasteiger partial charge >= 0.3 is 0 Å². The molecule has 0 aliphatic heterocycles. The Morgan fingerprint density at radius 2 is 1.61 bits per heavy atom. The summed E-state index contributed by atoms with van der Waals surface area (Å²) in [6.45, 7) is 2.06. The summed E-state index contributed by atoms with van der Waals surface area (Å²) in [6, 6.07) is 16.0. The highest BCUT2D eigenvalue weighted by atomic mass is 19.2. The Hall–Kier alpha value is -3.01. The number of hydrogen-bond donors (Lipinski definition) is 0. The van der Waals surface area contributed by atoms with Gasteiger partial charge in [-0.15, -0.1) is 0 Å². The van der Waals surface area contributed by atoms with E-state index >= 15 is 0 Å². The van der Waals surface area contributed by atoms with Gasteiger partial charge in [0.15, 0.2) is 23.2 Å². The normalized spacial score (nSPS) is 18.6. The summed E-state index contributed by atoms with van der Waals surface area (Å²) >= 11 is 0. The molecule has 1 aliphatic rings. The largest absolute Gasteiger partial charge is 0.494 e. The molecule has 0 N–H and O–H groups in total. The van der Waals surface area contributed by atoms with Gasteiger partial charge in [0.05, 0.1) is 7.11 Å². The van der Waals surface area contributed by atoms with E-state index in [4.69, 9.17) is 4.74 Å². The fourth-order valence-electron chi connectivity index (χ4n) is 4.66. The Morgan fingerprint density at radius 3 is 2.24 bits per heavy atom. The molecule has 33 heavy (non-hydrogen) atoms. The van der Waals surface area contributed by atoms with E-state index < -0.39 is 11.6 Å². The van der Waals surface area contributed by atoms with Crippen molar-refractivity contribution < 1.29 is 17.9 Å². The predicted molar refractivity (Wildman–Crippen MR) is 128 cm³/mol. The van der Waals surface area contributed by atoms with Crippen LogP contribution in [0.2, 0.25) is 0 Å². The number of allylic oxidation sites excluding steroid dienone is 1. The van der Waals surface area contributed by atoms with Crippen LogP contribution in [0.25, 0.3) is 17.2 Å². The molecule has 0 amide bonds. The van der Waals surface area contributed by atoms with Crippen LogP contribution in [-0.2, 0) is 6.42 Å². The fourth-order valence-corrected chi connectivity index (χ4v) is 4.66. The van der Waals surface area contributed by atoms with E-state index in [1.807, 2.05) is 36.4 Å². The third-order valence-electron chi connectivity index (χ3n) is 6.75. The molecule has 0 bridgehead atoms. The number of halogens is 3. The molecule has 0 spiro atoms. The molecule has 0 saturated heterocycles. The van der Waals surface area contributed by atoms with Gasteiger partial charge in [-0.05, 0) is 72.8 Å². The van der Waals surface area contributed by atoms with Crippen molar-refractivity contribution in [3.63, 3.8) is 0 Å². The Kier molecular flexibility index (Phi) is 7.22. The average molecular weight is 451 g/mol. The zero-order valence-electron chi connectivity index (χ0n) is 19.1. The fraction of sp³-hybridized carbons (Fsp3) is 0.310. The molecule has 3 aromatic carbocycles. The van der Waals surface area contributed by atoms with Crippen LogP contribution in [0, 0.1) is 23.4 Å². The number of benzene rings is 3. The summed E-state index contributed by atoms with van der Waals surface area (Å²) < 4.78 is 48.6. The molecule has 3 aromatic rings. The highest BCUT2D eigenvalue weighted by Crippen LogP contribution is 2.38. The maximum Gasteiger partial charge on any atom is 0.167 e. The molecule has 1 saturated carbocycles. The van der Waals surface area contributed by atoms with Crippen molar-refractivity contribution in [2.75, 3.05) is 7.11 Å². The van der Waals surface area contributed by atoms with Gasteiger partial charge in [0, 0.05) is 11.1 Å². The van der Waals surface area contributed by atoms with E-state index in [1.54, 1.807) is 30.3 Å². The highest BCUT2D eigenvalue weighted by molar-refractivity contribution is 5.67. The molecule has 4 rings (SSSR count). The van der Waals surface area contributed by atoms with Crippen molar-refractivity contribution in [1.29, 1.82) is 0 Å². The standard InChI is InChI=1S/C29H29F3O/c1-3-19-4-11-22(12-5-19)25-16-14-23(28(31)29(25)32)13-8-20-6-9-21(10-7-20)24-15-17-27(33-2)26(30)18-24/h4-5,8,11-18,20-21H,3,6-7,9-10H2,1-2H3/b13-8+. The first-order valence-electron chi connectivity index (χ1n) is 11.6. The van der Waals surface area contributed by atoms with E-state index in [0.29, 0.717) is 17.4 Å². The van der Waals surface area contributed by atoms with Gasteiger partial charge in [0.2, 0.25) is 0 Å². The van der Waals surface area contributed by atoms with Crippen LogP contribution in [0.3, 0.4) is 0 Å². The minimum atomic E-state index is -0.814. The van der Waals surface area contributed by atoms with Crippen molar-refractivity contribution in [2.24, 2.45) is 5.92 Å². The molecule has 0 atom stereocenters. The number of hydrogen-bond acceptors (Lipinski definition) is 1. The first kappa shape index (κ1) is 23.2. The SMILES string of the molecule is CCc1ccc(-c2ccc(/C=C/C3CCC(c4ccc(OC)c(F)c4)CC3)c(F)c2F)cc1. The number of methoxy groups -OCH3 is 1. The second-order valence-electron chi connectivity index (χ2n) is 8.75. The zero-order chi connectivity index (χ0) is 23.4. The Labute approximate surface area is 193 Å². The number of aryl methyl sites for hydroxylation is 1. The third kappa shape index (κ3) is 5.16. The maximum atomic E-state index is 14.8. The Balaban J connectivity index is 1.41. The summed E-state index contributed by atoms with van der Waals surface area (Å²) in [7, 11) is 1.46. The second kappa shape index (κ2) is 10.3. The van der Waals surface area contributed by atoms with Gasteiger partial charge in [-0.3, -0.25) is 0 Å². The minimum Gasteiger partial charge on any atom is -0.494 e. The van der Waals surface area contributed by atoms with Gasteiger partial charge in [0.25, 0.3) is 0 Å². The van der Waals surface area contributed by atoms with Crippen LogP contribution in [0.15, 0.2) is 60.7 Å². The molecule has 172 valence electrons. The lowest BCUT2D eigenvalue weighted by Gasteiger charge is -2.27. The van der Waals surface area contributed by atoms with E-state index in [-0.39, 0.29) is 22.7 Å². The molecular formula is C29H29F3O. The first-order chi connectivity index (χ1) is 16.0. The van der Waals surface area contributed by atoms with Crippen molar-refractivity contribution >= 4 is 6.08 Å². The van der Waals surface area contributed by atoms with Crippen LogP contribution >= 0.6 is 0 Å². The van der Waals surface area contributed by atoms with Crippen LogP contribution < -0.4 is 4.74 Å². The maximum absolute atomic E-state index is 14.8. The summed E-state index contributed by atoms with van der Waals surface area (Å²) in [5.41, 5.74) is 3.37. The molecular weight excluding hydrogens is 421 g/mol. The Morgan fingerprint density at radius 1 is 0.879 bits per heavy atom. The predicted octanol–water partition coefficient (Wildman–Crippen LogP) is 8.33. The summed E-state index contributed by atoms with van der Waals surface area (Å²) in [5, 5.41) is 0. The molecule has 1 nitrogen and oxygen atoms in total. The third-order valence-corrected chi connectivity index (χ3v) is 6.75. The lowest BCUT2D eigenvalue weighted by Crippen LogP contribution is -2.12. The molecule has 0 unspecified atom stereocenters. The smallest absolute Gasteiger partial charge is 0.167 e. The molecule has 0 heterocycles. The lowest BCUT2D eigenvalue weighted by atomic mass is 9.78. The van der Waals surface area contributed by atoms with E-state index in [1.165, 1.54) is 7.11 Å². The zero-order valence-corrected chi connectivity index (χ0v) is 19.1. The first-order valence-corrected chi connectivity index (χ1v) is 11.6. The van der Waals surface area contributed by atoms with Crippen LogP contribution in [-0.4, -0.2) is 7.11 Å². The van der Waals surface area contributed by atoms with Gasteiger partial charge in [0.1, 0.15) is 0 Å². The van der Waals surface area contributed by atoms with Gasteiger partial charge < -0.3 is 4.74 Å². The summed E-state index contributed by atoms with van der Waals surface area (Å²) in [6.07, 6.45) is 8.31. The van der Waals surface area contributed by atoms with Crippen molar-refractivity contribution in [1.82, 2.24) is 0 Å². The monoisotopic (exact) mass is 450 g/mol. The molecule has 1 aliphatic carbocycles. The van der Waals surface area contributed by atoms with E-state index in [0.717, 1.165) is 43.2 Å². The highest BCUT2D eigenvalue weighted by Gasteiger charge is 2.22. The molecule has 1 fully saturated rings. The number of ether oxygens (including phenoxy) is 1. The summed E-state index contributed by atoms with van der Waals surface area (Å²) in [5.74, 6) is -1.10. The quantitative estimate of drug-likeness (QED) is 0.367. The van der Waals surface area contributed by atoms with Gasteiger partial charge in [-0.1, -0.05) is 61.5 Å². The van der Waals surface area contributed by atoms with E-state index in [9.17, 15) is 13.2 Å². The molecule has 4 heteroatoms.